The van der Waals surface area contributed by atoms with E-state index >= 15 is 0 Å². The number of carbonyl (C=O) groups is 1. The zero-order chi connectivity index (χ0) is 14.1. The zero-order valence-corrected chi connectivity index (χ0v) is 11.5. The fourth-order valence-corrected chi connectivity index (χ4v) is 1.79. The molecule has 5 heteroatoms. The Kier molecular flexibility index (Phi) is 7.10. The second kappa shape index (κ2) is 8.63. The first-order chi connectivity index (χ1) is 9.22. The van der Waals surface area contributed by atoms with Crippen LogP contribution >= 0.6 is 0 Å². The molecule has 0 aromatic heterocycles. The van der Waals surface area contributed by atoms with Gasteiger partial charge >= 0.3 is 0 Å². The molecule has 0 aliphatic carbocycles. The monoisotopic (exact) mass is 267 g/mol. The van der Waals surface area contributed by atoms with Crippen molar-refractivity contribution >= 4 is 5.78 Å². The summed E-state index contributed by atoms with van der Waals surface area (Å²) in [7, 11) is 3.15. The average molecular weight is 267 g/mol. The summed E-state index contributed by atoms with van der Waals surface area (Å²) in [4.78, 5) is 14.1. The molecule has 5 nitrogen and oxygen atoms in total. The van der Waals surface area contributed by atoms with Gasteiger partial charge < -0.3 is 14.6 Å². The van der Waals surface area contributed by atoms with Crippen LogP contribution in [-0.4, -0.2) is 62.9 Å². The van der Waals surface area contributed by atoms with Gasteiger partial charge in [0.25, 0.3) is 0 Å². The Morgan fingerprint density at radius 1 is 1.26 bits per heavy atom. The number of ether oxygens (including phenoxy) is 2. The van der Waals surface area contributed by atoms with Crippen LogP contribution in [0.2, 0.25) is 0 Å². The van der Waals surface area contributed by atoms with Gasteiger partial charge in [-0.3, -0.25) is 9.69 Å². The lowest BCUT2D eigenvalue weighted by Gasteiger charge is -2.20. The Bertz CT molecular complexity index is 395. The van der Waals surface area contributed by atoms with Gasteiger partial charge in [0.1, 0.15) is 5.75 Å². The van der Waals surface area contributed by atoms with E-state index in [1.165, 1.54) is 0 Å². The van der Waals surface area contributed by atoms with Crippen LogP contribution in [0.5, 0.6) is 5.75 Å². The van der Waals surface area contributed by atoms with Gasteiger partial charge in [0.05, 0.1) is 32.4 Å². The van der Waals surface area contributed by atoms with Crippen molar-refractivity contribution in [3.05, 3.63) is 29.8 Å². The number of carbonyl (C=O) groups excluding carboxylic acids is 1. The molecule has 0 fully saturated rings. The molecule has 0 saturated carbocycles. The Hall–Kier alpha value is -1.43. The zero-order valence-electron chi connectivity index (χ0n) is 11.5. The van der Waals surface area contributed by atoms with Gasteiger partial charge in [-0.2, -0.15) is 0 Å². The number of rotatable bonds is 9. The predicted octanol–water partition coefficient (Wildman–Crippen LogP) is 0.819. The van der Waals surface area contributed by atoms with Crippen LogP contribution in [0.3, 0.4) is 0 Å². The molecule has 1 N–H and O–H groups in total. The largest absolute Gasteiger partial charge is 0.496 e. The van der Waals surface area contributed by atoms with Crippen LogP contribution < -0.4 is 4.74 Å². The molecule has 0 atom stereocenters. The molecule has 0 aliphatic rings. The maximum Gasteiger partial charge on any atom is 0.180 e. The third-order valence-corrected chi connectivity index (χ3v) is 2.80. The van der Waals surface area contributed by atoms with Crippen molar-refractivity contribution in [2.75, 3.05) is 47.1 Å². The highest BCUT2D eigenvalue weighted by molar-refractivity contribution is 6.00. The van der Waals surface area contributed by atoms with Gasteiger partial charge in [0, 0.05) is 20.2 Å². The number of benzene rings is 1. The normalized spacial score (nSPS) is 10.7. The van der Waals surface area contributed by atoms with Crippen molar-refractivity contribution in [3.8, 4) is 5.75 Å². The first-order valence-corrected chi connectivity index (χ1v) is 6.21. The van der Waals surface area contributed by atoms with E-state index in [4.69, 9.17) is 14.6 Å². The highest BCUT2D eigenvalue weighted by Crippen LogP contribution is 2.18. The number of para-hydroxylation sites is 1. The summed E-state index contributed by atoms with van der Waals surface area (Å²) in [6.45, 7) is 1.84. The molecule has 0 aliphatic heterocycles. The highest BCUT2D eigenvalue weighted by Gasteiger charge is 2.15. The van der Waals surface area contributed by atoms with Gasteiger partial charge in [-0.15, -0.1) is 0 Å². The molecule has 0 bridgehead atoms. The van der Waals surface area contributed by atoms with Gasteiger partial charge in [-0.1, -0.05) is 12.1 Å². The first-order valence-electron chi connectivity index (χ1n) is 6.21. The minimum absolute atomic E-state index is 0.0168. The number of hydrogen-bond acceptors (Lipinski definition) is 5. The van der Waals surface area contributed by atoms with Crippen molar-refractivity contribution in [2.45, 2.75) is 0 Å². The third-order valence-electron chi connectivity index (χ3n) is 2.80. The van der Waals surface area contributed by atoms with Gasteiger partial charge in [0.15, 0.2) is 5.78 Å². The van der Waals surface area contributed by atoms with Gasteiger partial charge in [0.2, 0.25) is 0 Å². The smallest absolute Gasteiger partial charge is 0.180 e. The minimum Gasteiger partial charge on any atom is -0.496 e. The van der Waals surface area contributed by atoms with Crippen molar-refractivity contribution in [1.82, 2.24) is 4.90 Å². The van der Waals surface area contributed by atoms with E-state index in [9.17, 15) is 4.79 Å². The number of nitrogens with zero attached hydrogens (tertiary/aromatic N) is 1. The quantitative estimate of drug-likeness (QED) is 0.671. The number of aliphatic hydroxyl groups is 1. The summed E-state index contributed by atoms with van der Waals surface area (Å²) in [6.07, 6.45) is 0. The number of ketones is 1. The SMILES string of the molecule is COCCN(CCO)CC(=O)c1ccccc1OC. The molecule has 1 rings (SSSR count). The Balaban J connectivity index is 2.69. The molecule has 0 radical (unpaired) electrons. The van der Waals surface area contributed by atoms with Crippen molar-refractivity contribution in [1.29, 1.82) is 0 Å². The maximum atomic E-state index is 12.2. The Labute approximate surface area is 113 Å². The highest BCUT2D eigenvalue weighted by atomic mass is 16.5. The Morgan fingerprint density at radius 2 is 2.00 bits per heavy atom. The Morgan fingerprint density at radius 3 is 2.63 bits per heavy atom. The first kappa shape index (κ1) is 15.6. The van der Waals surface area contributed by atoms with Crippen LogP contribution in [0, 0.1) is 0 Å². The van der Waals surface area contributed by atoms with Crippen LogP contribution in [-0.2, 0) is 4.74 Å². The number of methoxy groups -OCH3 is 2. The molecule has 0 amide bonds. The van der Waals surface area contributed by atoms with E-state index in [-0.39, 0.29) is 18.9 Å². The van der Waals surface area contributed by atoms with E-state index in [2.05, 4.69) is 0 Å². The van der Waals surface area contributed by atoms with Crippen molar-refractivity contribution < 1.29 is 19.4 Å². The van der Waals surface area contributed by atoms with E-state index < -0.39 is 0 Å². The van der Waals surface area contributed by atoms with Gasteiger partial charge in [-0.05, 0) is 12.1 Å². The summed E-state index contributed by atoms with van der Waals surface area (Å²) in [6, 6.07) is 7.14. The summed E-state index contributed by atoms with van der Waals surface area (Å²) < 4.78 is 10.2. The topological polar surface area (TPSA) is 59.0 Å². The van der Waals surface area contributed by atoms with Crippen molar-refractivity contribution in [3.63, 3.8) is 0 Å². The average Bonchev–Trinajstić information content (AvgIpc) is 2.44. The van der Waals surface area contributed by atoms with Crippen LogP contribution in [0.1, 0.15) is 10.4 Å². The van der Waals surface area contributed by atoms with Crippen LogP contribution in [0.15, 0.2) is 24.3 Å². The molecule has 0 saturated heterocycles. The summed E-state index contributed by atoms with van der Waals surface area (Å²) in [5.74, 6) is 0.546. The van der Waals surface area contributed by atoms with E-state index in [0.717, 1.165) is 0 Å². The van der Waals surface area contributed by atoms with E-state index in [1.807, 2.05) is 11.0 Å². The molecule has 0 spiro atoms. The number of Topliss-reactive ketones (excluding diaryl/α,β-unsaturated/α-hetero) is 1. The standard InChI is InChI=1S/C14H21NO4/c1-18-10-8-15(7-9-16)11-13(17)12-5-3-4-6-14(12)19-2/h3-6,16H,7-11H2,1-2H3. The second-order valence-corrected chi connectivity index (χ2v) is 4.12. The molecular weight excluding hydrogens is 246 g/mol. The lowest BCUT2D eigenvalue weighted by atomic mass is 10.1. The third kappa shape index (κ3) is 4.98. The molecular formula is C14H21NO4. The van der Waals surface area contributed by atoms with E-state index in [0.29, 0.717) is 31.0 Å². The molecule has 1 aromatic rings. The van der Waals surface area contributed by atoms with Gasteiger partial charge in [-0.25, -0.2) is 0 Å². The lowest BCUT2D eigenvalue weighted by Crippen LogP contribution is -2.35. The number of aliphatic hydroxyl groups excluding tert-OH is 1. The molecule has 19 heavy (non-hydrogen) atoms. The number of hydrogen-bond donors (Lipinski definition) is 1. The van der Waals surface area contributed by atoms with Crippen molar-refractivity contribution in [2.24, 2.45) is 0 Å². The summed E-state index contributed by atoms with van der Waals surface area (Å²) in [5.41, 5.74) is 0.561. The second-order valence-electron chi connectivity index (χ2n) is 4.12. The fraction of sp³-hybridized carbons (Fsp3) is 0.500. The molecule has 0 heterocycles. The van der Waals surface area contributed by atoms with Crippen LogP contribution in [0.25, 0.3) is 0 Å². The summed E-state index contributed by atoms with van der Waals surface area (Å²) in [5, 5.41) is 9.00. The fourth-order valence-electron chi connectivity index (χ4n) is 1.79. The lowest BCUT2D eigenvalue weighted by molar-refractivity contribution is 0.0866. The maximum absolute atomic E-state index is 12.2. The molecule has 0 unspecified atom stereocenters. The van der Waals surface area contributed by atoms with E-state index in [1.54, 1.807) is 32.4 Å². The van der Waals surface area contributed by atoms with Crippen LogP contribution in [0.4, 0.5) is 0 Å². The molecule has 106 valence electrons. The minimum atomic E-state index is -0.0259. The summed E-state index contributed by atoms with van der Waals surface area (Å²) >= 11 is 0. The molecule has 1 aromatic carbocycles. The predicted molar refractivity (Wildman–Crippen MR) is 72.7 cm³/mol.